The first-order chi connectivity index (χ1) is 11.0. The van der Waals surface area contributed by atoms with E-state index in [9.17, 15) is 9.59 Å². The van der Waals surface area contributed by atoms with Gasteiger partial charge >= 0.3 is 11.8 Å². The molecule has 2 aromatic carbocycles. The predicted molar refractivity (Wildman–Crippen MR) is 91.0 cm³/mol. The van der Waals surface area contributed by atoms with Crippen molar-refractivity contribution in [3.8, 4) is 0 Å². The fraction of sp³-hybridized carbons (Fsp3) is 0.333. The van der Waals surface area contributed by atoms with Crippen LogP contribution in [0.25, 0.3) is 10.8 Å². The van der Waals surface area contributed by atoms with Crippen molar-refractivity contribution in [3.63, 3.8) is 0 Å². The second-order valence-corrected chi connectivity index (χ2v) is 5.85. The normalized spacial score (nSPS) is 12.2. The summed E-state index contributed by atoms with van der Waals surface area (Å²) >= 11 is 0. The van der Waals surface area contributed by atoms with Crippen LogP contribution < -0.4 is 10.6 Å². The Morgan fingerprint density at radius 3 is 2.39 bits per heavy atom. The number of rotatable bonds is 5. The third-order valence-electron chi connectivity index (χ3n) is 3.77. The Balaban J connectivity index is 2.03. The quantitative estimate of drug-likeness (QED) is 0.741. The van der Waals surface area contributed by atoms with E-state index < -0.39 is 11.8 Å². The standard InChI is InChI=1S/C18H22N2O3/c1-12(2)16(9-10-21)20-18(23)17(22)19-15-8-7-13-5-3-4-6-14(13)11-15/h3-8,11-12,16,21H,9-10H2,1-2H3,(H,19,22)(H,20,23). The highest BCUT2D eigenvalue weighted by atomic mass is 16.3. The topological polar surface area (TPSA) is 78.4 Å². The van der Waals surface area contributed by atoms with Crippen molar-refractivity contribution in [1.29, 1.82) is 0 Å². The third-order valence-corrected chi connectivity index (χ3v) is 3.77. The van der Waals surface area contributed by atoms with E-state index in [-0.39, 0.29) is 18.6 Å². The third kappa shape index (κ3) is 4.53. The van der Waals surface area contributed by atoms with Gasteiger partial charge in [-0.25, -0.2) is 0 Å². The Morgan fingerprint density at radius 2 is 1.74 bits per heavy atom. The maximum absolute atomic E-state index is 12.0. The fourth-order valence-corrected chi connectivity index (χ4v) is 2.40. The molecule has 1 atom stereocenters. The Hall–Kier alpha value is -2.40. The molecular formula is C18H22N2O3. The van der Waals surface area contributed by atoms with Crippen molar-refractivity contribution in [3.05, 3.63) is 42.5 Å². The monoisotopic (exact) mass is 314 g/mol. The van der Waals surface area contributed by atoms with Crippen molar-refractivity contribution in [2.24, 2.45) is 5.92 Å². The largest absolute Gasteiger partial charge is 0.396 e. The average Bonchev–Trinajstić information content (AvgIpc) is 2.54. The van der Waals surface area contributed by atoms with Crippen LogP contribution in [0.4, 0.5) is 5.69 Å². The van der Waals surface area contributed by atoms with Crippen LogP contribution in [0.15, 0.2) is 42.5 Å². The fourth-order valence-electron chi connectivity index (χ4n) is 2.40. The Morgan fingerprint density at radius 1 is 1.04 bits per heavy atom. The number of carbonyl (C=O) groups is 2. The summed E-state index contributed by atoms with van der Waals surface area (Å²) in [5.41, 5.74) is 0.576. The summed E-state index contributed by atoms with van der Waals surface area (Å²) in [5.74, 6) is -1.26. The van der Waals surface area contributed by atoms with E-state index in [1.807, 2.05) is 50.2 Å². The molecule has 0 spiro atoms. The number of hydrogen-bond donors (Lipinski definition) is 3. The molecule has 0 aliphatic heterocycles. The maximum Gasteiger partial charge on any atom is 0.313 e. The molecule has 2 aromatic rings. The first-order valence-electron chi connectivity index (χ1n) is 7.72. The zero-order valence-corrected chi connectivity index (χ0v) is 13.4. The highest BCUT2D eigenvalue weighted by Gasteiger charge is 2.20. The van der Waals surface area contributed by atoms with Gasteiger partial charge in [-0.2, -0.15) is 0 Å². The van der Waals surface area contributed by atoms with E-state index in [1.165, 1.54) is 0 Å². The number of aliphatic hydroxyl groups is 1. The van der Waals surface area contributed by atoms with Gasteiger partial charge in [0.15, 0.2) is 0 Å². The van der Waals surface area contributed by atoms with Gasteiger partial charge in [-0.05, 0) is 35.2 Å². The number of aliphatic hydroxyl groups excluding tert-OH is 1. The van der Waals surface area contributed by atoms with Crippen molar-refractivity contribution in [1.82, 2.24) is 5.32 Å². The number of benzene rings is 2. The lowest BCUT2D eigenvalue weighted by Gasteiger charge is -2.21. The molecule has 5 nitrogen and oxygen atoms in total. The number of fused-ring (bicyclic) bond motifs is 1. The summed E-state index contributed by atoms with van der Waals surface area (Å²) < 4.78 is 0. The van der Waals surface area contributed by atoms with E-state index in [1.54, 1.807) is 6.07 Å². The van der Waals surface area contributed by atoms with E-state index in [4.69, 9.17) is 5.11 Å². The van der Waals surface area contributed by atoms with E-state index in [2.05, 4.69) is 10.6 Å². The molecule has 0 fully saturated rings. The van der Waals surface area contributed by atoms with Crippen LogP contribution in [-0.2, 0) is 9.59 Å². The number of hydrogen-bond acceptors (Lipinski definition) is 3. The minimum atomic E-state index is -0.705. The lowest BCUT2D eigenvalue weighted by molar-refractivity contribution is -0.136. The first-order valence-corrected chi connectivity index (χ1v) is 7.72. The van der Waals surface area contributed by atoms with Crippen molar-refractivity contribution in [2.45, 2.75) is 26.3 Å². The van der Waals surface area contributed by atoms with Gasteiger partial charge in [-0.15, -0.1) is 0 Å². The molecule has 0 bridgehead atoms. The van der Waals surface area contributed by atoms with Gasteiger partial charge < -0.3 is 15.7 Å². The van der Waals surface area contributed by atoms with Crippen LogP contribution in [0.1, 0.15) is 20.3 Å². The number of anilines is 1. The summed E-state index contributed by atoms with van der Waals surface area (Å²) in [6.07, 6.45) is 0.423. The van der Waals surface area contributed by atoms with Gasteiger partial charge in [-0.1, -0.05) is 44.2 Å². The molecule has 1 unspecified atom stereocenters. The van der Waals surface area contributed by atoms with Crippen LogP contribution in [0.2, 0.25) is 0 Å². The molecule has 2 rings (SSSR count). The molecule has 5 heteroatoms. The highest BCUT2D eigenvalue weighted by Crippen LogP contribution is 2.18. The smallest absolute Gasteiger partial charge is 0.313 e. The molecule has 0 aromatic heterocycles. The van der Waals surface area contributed by atoms with Gasteiger partial charge in [0, 0.05) is 18.3 Å². The lowest BCUT2D eigenvalue weighted by atomic mass is 10.0. The Bertz CT molecular complexity index is 697. The molecule has 0 radical (unpaired) electrons. The number of amides is 2. The molecule has 0 heterocycles. The summed E-state index contributed by atoms with van der Waals surface area (Å²) in [5, 5.41) is 16.4. The van der Waals surface area contributed by atoms with Gasteiger partial charge in [0.25, 0.3) is 0 Å². The summed E-state index contributed by atoms with van der Waals surface area (Å²) in [4.78, 5) is 24.0. The first kappa shape index (κ1) is 17.0. The van der Waals surface area contributed by atoms with Crippen LogP contribution in [-0.4, -0.2) is 29.6 Å². The van der Waals surface area contributed by atoms with Crippen LogP contribution in [0, 0.1) is 5.92 Å². The Kier molecular flexibility index (Phi) is 5.71. The zero-order valence-electron chi connectivity index (χ0n) is 13.4. The van der Waals surface area contributed by atoms with Crippen molar-refractivity contribution >= 4 is 28.3 Å². The van der Waals surface area contributed by atoms with Crippen LogP contribution >= 0.6 is 0 Å². The summed E-state index contributed by atoms with van der Waals surface area (Å²) in [7, 11) is 0. The minimum absolute atomic E-state index is 0.0323. The van der Waals surface area contributed by atoms with Gasteiger partial charge in [0.1, 0.15) is 0 Å². The van der Waals surface area contributed by atoms with Crippen molar-refractivity contribution in [2.75, 3.05) is 11.9 Å². The number of nitrogens with one attached hydrogen (secondary N) is 2. The van der Waals surface area contributed by atoms with E-state index in [0.717, 1.165) is 10.8 Å². The van der Waals surface area contributed by atoms with Gasteiger partial charge in [0.2, 0.25) is 0 Å². The maximum atomic E-state index is 12.0. The van der Waals surface area contributed by atoms with Crippen LogP contribution in [0.3, 0.4) is 0 Å². The molecule has 0 aliphatic rings. The molecule has 0 saturated carbocycles. The summed E-state index contributed by atoms with van der Waals surface area (Å²) in [6, 6.07) is 13.1. The van der Waals surface area contributed by atoms with E-state index in [0.29, 0.717) is 12.1 Å². The Labute approximate surface area is 135 Å². The molecule has 2 amide bonds. The highest BCUT2D eigenvalue weighted by molar-refractivity contribution is 6.39. The van der Waals surface area contributed by atoms with Gasteiger partial charge in [-0.3, -0.25) is 9.59 Å². The lowest BCUT2D eigenvalue weighted by Crippen LogP contribution is -2.44. The summed E-state index contributed by atoms with van der Waals surface area (Å²) in [6.45, 7) is 3.83. The van der Waals surface area contributed by atoms with Crippen molar-refractivity contribution < 1.29 is 14.7 Å². The van der Waals surface area contributed by atoms with Crippen LogP contribution in [0.5, 0.6) is 0 Å². The second-order valence-electron chi connectivity index (χ2n) is 5.85. The molecule has 23 heavy (non-hydrogen) atoms. The minimum Gasteiger partial charge on any atom is -0.396 e. The molecule has 3 N–H and O–H groups in total. The average molecular weight is 314 g/mol. The second kappa shape index (κ2) is 7.74. The van der Waals surface area contributed by atoms with Gasteiger partial charge in [0.05, 0.1) is 0 Å². The number of carbonyl (C=O) groups excluding carboxylic acids is 2. The van der Waals surface area contributed by atoms with E-state index >= 15 is 0 Å². The predicted octanol–water partition coefficient (Wildman–Crippen LogP) is 2.30. The molecule has 0 aliphatic carbocycles. The molecular weight excluding hydrogens is 292 g/mol. The molecule has 122 valence electrons. The molecule has 0 saturated heterocycles. The SMILES string of the molecule is CC(C)C(CCO)NC(=O)C(=O)Nc1ccc2ccccc2c1. The zero-order chi connectivity index (χ0) is 16.8.